The number of nitrogens with zero attached hydrogens (tertiary/aromatic N) is 3. The molecule has 3 nitrogen and oxygen atoms in total. The third kappa shape index (κ3) is 3.59. The van der Waals surface area contributed by atoms with Crippen LogP contribution < -0.4 is 0 Å². The third-order valence-electron chi connectivity index (χ3n) is 8.02. The zero-order chi connectivity index (χ0) is 26.5. The van der Waals surface area contributed by atoms with E-state index in [9.17, 15) is 0 Å². The summed E-state index contributed by atoms with van der Waals surface area (Å²) in [7, 11) is 0. The Morgan fingerprint density at radius 1 is 0.525 bits per heavy atom. The summed E-state index contributed by atoms with van der Waals surface area (Å²) in [6.07, 6.45) is 8.22. The SMILES string of the molecule is C1=Cc2ccc(-c3ccccn3)cc2C(c2ccc3c4ccccc4n(-c4ccccn4)c3c2)c2ccccc21. The first-order valence-corrected chi connectivity index (χ1v) is 13.6. The molecule has 0 aliphatic heterocycles. The summed E-state index contributed by atoms with van der Waals surface area (Å²) in [5.74, 6) is 0.982. The van der Waals surface area contributed by atoms with Crippen molar-refractivity contribution >= 4 is 34.0 Å². The quantitative estimate of drug-likeness (QED) is 0.237. The molecule has 4 aromatic carbocycles. The van der Waals surface area contributed by atoms with E-state index in [0.29, 0.717) is 0 Å². The summed E-state index contributed by atoms with van der Waals surface area (Å²) in [4.78, 5) is 9.39. The molecule has 7 aromatic rings. The minimum Gasteiger partial charge on any atom is -0.294 e. The van der Waals surface area contributed by atoms with Gasteiger partial charge in [-0.3, -0.25) is 9.55 Å². The number of hydrogen-bond acceptors (Lipinski definition) is 2. The lowest BCUT2D eigenvalue weighted by Gasteiger charge is -2.22. The Balaban J connectivity index is 1.41. The average molecular weight is 512 g/mol. The van der Waals surface area contributed by atoms with E-state index in [1.165, 1.54) is 38.6 Å². The predicted molar refractivity (Wildman–Crippen MR) is 165 cm³/mol. The Bertz CT molecular complexity index is 2050. The second-order valence-corrected chi connectivity index (χ2v) is 10.3. The molecule has 1 unspecified atom stereocenters. The van der Waals surface area contributed by atoms with Crippen LogP contribution in [0.2, 0.25) is 0 Å². The highest BCUT2D eigenvalue weighted by Gasteiger charge is 2.25. The molecular weight excluding hydrogens is 486 g/mol. The van der Waals surface area contributed by atoms with Crippen molar-refractivity contribution in [1.82, 2.24) is 14.5 Å². The fraction of sp³-hybridized carbons (Fsp3) is 0.0270. The van der Waals surface area contributed by atoms with E-state index >= 15 is 0 Å². The highest BCUT2D eigenvalue weighted by atomic mass is 15.1. The molecule has 0 N–H and O–H groups in total. The summed E-state index contributed by atoms with van der Waals surface area (Å²) in [6.45, 7) is 0. The molecule has 0 saturated heterocycles. The maximum absolute atomic E-state index is 4.74. The third-order valence-corrected chi connectivity index (χ3v) is 8.02. The molecule has 0 fully saturated rings. The Morgan fingerprint density at radius 3 is 2.12 bits per heavy atom. The maximum atomic E-state index is 4.74. The van der Waals surface area contributed by atoms with E-state index in [2.05, 4.69) is 125 Å². The van der Waals surface area contributed by atoms with Crippen LogP contribution >= 0.6 is 0 Å². The lowest BCUT2D eigenvalue weighted by atomic mass is 9.81. The van der Waals surface area contributed by atoms with Gasteiger partial charge in [0.05, 0.1) is 16.7 Å². The van der Waals surface area contributed by atoms with Crippen LogP contribution in [0, 0.1) is 0 Å². The number of hydrogen-bond donors (Lipinski definition) is 0. The number of aromatic nitrogens is 3. The Morgan fingerprint density at radius 2 is 1.27 bits per heavy atom. The number of rotatable bonds is 3. The normalized spacial score (nSPS) is 14.2. The molecule has 3 heterocycles. The van der Waals surface area contributed by atoms with Crippen molar-refractivity contribution in [2.75, 3.05) is 0 Å². The smallest absolute Gasteiger partial charge is 0.137 e. The number of benzene rings is 4. The molecule has 1 atom stereocenters. The van der Waals surface area contributed by atoms with E-state index in [1.807, 2.05) is 30.6 Å². The number of para-hydroxylation sites is 1. The van der Waals surface area contributed by atoms with Gasteiger partial charge in [0.25, 0.3) is 0 Å². The zero-order valence-corrected chi connectivity index (χ0v) is 21.8. The molecule has 0 radical (unpaired) electrons. The molecule has 0 bridgehead atoms. The molecule has 0 amide bonds. The molecular formula is C37H25N3. The van der Waals surface area contributed by atoms with Crippen molar-refractivity contribution in [1.29, 1.82) is 0 Å². The first-order valence-electron chi connectivity index (χ1n) is 13.6. The minimum atomic E-state index is 0.0597. The molecule has 0 spiro atoms. The second-order valence-electron chi connectivity index (χ2n) is 10.3. The average Bonchev–Trinajstić information content (AvgIpc) is 3.25. The molecule has 40 heavy (non-hydrogen) atoms. The summed E-state index contributed by atoms with van der Waals surface area (Å²) < 4.78 is 2.29. The largest absolute Gasteiger partial charge is 0.294 e. The van der Waals surface area contributed by atoms with E-state index in [4.69, 9.17) is 4.98 Å². The minimum absolute atomic E-state index is 0.0597. The van der Waals surface area contributed by atoms with E-state index in [1.54, 1.807) is 0 Å². The van der Waals surface area contributed by atoms with Crippen LogP contribution in [-0.2, 0) is 0 Å². The monoisotopic (exact) mass is 511 g/mol. The maximum Gasteiger partial charge on any atom is 0.137 e. The topological polar surface area (TPSA) is 30.7 Å². The number of fused-ring (bicyclic) bond motifs is 5. The standard InChI is InChI=1S/C37H25N3/c1-2-10-29-25(9-1)15-16-26-17-18-27(33-12-5-7-21-38-33)23-32(26)37(29)28-19-20-31-30-11-3-4-13-34(30)40(35(31)24-28)36-14-6-8-22-39-36/h1-24,37H. The van der Waals surface area contributed by atoms with Gasteiger partial charge in [0.15, 0.2) is 0 Å². The van der Waals surface area contributed by atoms with Crippen molar-refractivity contribution in [3.05, 3.63) is 162 Å². The molecule has 3 heteroatoms. The highest BCUT2D eigenvalue weighted by molar-refractivity contribution is 6.09. The van der Waals surface area contributed by atoms with E-state index < -0.39 is 0 Å². The van der Waals surface area contributed by atoms with Crippen LogP contribution in [-0.4, -0.2) is 14.5 Å². The van der Waals surface area contributed by atoms with Crippen molar-refractivity contribution in [2.24, 2.45) is 0 Å². The van der Waals surface area contributed by atoms with Crippen molar-refractivity contribution < 1.29 is 0 Å². The van der Waals surface area contributed by atoms with Gasteiger partial charge in [-0.1, -0.05) is 91.0 Å². The Labute approximate surface area is 232 Å². The van der Waals surface area contributed by atoms with Crippen LogP contribution in [0.25, 0.3) is 51.0 Å². The van der Waals surface area contributed by atoms with Crippen LogP contribution in [0.5, 0.6) is 0 Å². The van der Waals surface area contributed by atoms with Crippen molar-refractivity contribution in [3.63, 3.8) is 0 Å². The summed E-state index contributed by atoms with van der Waals surface area (Å²) >= 11 is 0. The highest BCUT2D eigenvalue weighted by Crippen LogP contribution is 2.42. The van der Waals surface area contributed by atoms with Gasteiger partial charge in [0, 0.05) is 34.6 Å². The van der Waals surface area contributed by atoms with Gasteiger partial charge in [0.1, 0.15) is 5.82 Å². The Hall–Kier alpha value is -5.28. The summed E-state index contributed by atoms with van der Waals surface area (Å²) in [6, 6.07) is 43.3. The first kappa shape index (κ1) is 22.7. The molecule has 3 aromatic heterocycles. The van der Waals surface area contributed by atoms with Crippen molar-refractivity contribution in [3.8, 4) is 17.1 Å². The number of pyridine rings is 2. The van der Waals surface area contributed by atoms with Gasteiger partial charge in [0.2, 0.25) is 0 Å². The van der Waals surface area contributed by atoms with Gasteiger partial charge in [-0.05, 0) is 70.3 Å². The van der Waals surface area contributed by atoms with Crippen LogP contribution in [0.1, 0.15) is 33.7 Å². The lowest BCUT2D eigenvalue weighted by molar-refractivity contribution is 0.973. The van der Waals surface area contributed by atoms with Crippen LogP contribution in [0.3, 0.4) is 0 Å². The van der Waals surface area contributed by atoms with Crippen molar-refractivity contribution in [2.45, 2.75) is 5.92 Å². The predicted octanol–water partition coefficient (Wildman–Crippen LogP) is 8.90. The fourth-order valence-electron chi connectivity index (χ4n) is 6.20. The van der Waals surface area contributed by atoms with Gasteiger partial charge in [-0.25, -0.2) is 4.98 Å². The molecule has 188 valence electrons. The molecule has 8 rings (SSSR count). The molecule has 0 saturated carbocycles. The van der Waals surface area contributed by atoms with Crippen LogP contribution in [0.15, 0.2) is 134 Å². The van der Waals surface area contributed by atoms with Gasteiger partial charge in [-0.15, -0.1) is 0 Å². The van der Waals surface area contributed by atoms with Gasteiger partial charge < -0.3 is 0 Å². The van der Waals surface area contributed by atoms with Gasteiger partial charge >= 0.3 is 0 Å². The second kappa shape index (κ2) is 9.18. The lowest BCUT2D eigenvalue weighted by Crippen LogP contribution is -2.07. The Kier molecular flexibility index (Phi) is 5.20. The molecule has 1 aliphatic rings. The fourth-order valence-corrected chi connectivity index (χ4v) is 6.20. The van der Waals surface area contributed by atoms with Gasteiger partial charge in [-0.2, -0.15) is 0 Å². The zero-order valence-electron chi connectivity index (χ0n) is 21.8. The molecule has 1 aliphatic carbocycles. The summed E-state index contributed by atoms with van der Waals surface area (Å²) in [5.41, 5.74) is 10.7. The van der Waals surface area contributed by atoms with E-state index in [0.717, 1.165) is 28.1 Å². The summed E-state index contributed by atoms with van der Waals surface area (Å²) in [5, 5.41) is 2.46. The van der Waals surface area contributed by atoms with E-state index in [-0.39, 0.29) is 5.92 Å². The first-order chi connectivity index (χ1) is 19.8. The van der Waals surface area contributed by atoms with Crippen LogP contribution in [0.4, 0.5) is 0 Å².